The highest BCUT2D eigenvalue weighted by Gasteiger charge is 2.09. The van der Waals surface area contributed by atoms with E-state index < -0.39 is 0 Å². The molecule has 4 aromatic rings. The first-order valence-corrected chi connectivity index (χ1v) is 8.85. The van der Waals surface area contributed by atoms with Crippen LogP contribution in [0.5, 0.6) is 5.88 Å². The lowest BCUT2D eigenvalue weighted by molar-refractivity contribution is 0.289. The Balaban J connectivity index is 1.62. The lowest BCUT2D eigenvalue weighted by Crippen LogP contribution is -2.01. The fourth-order valence-electron chi connectivity index (χ4n) is 2.33. The molecule has 0 spiro atoms. The van der Waals surface area contributed by atoms with Crippen LogP contribution in [0, 0.1) is 0 Å². The molecule has 0 aliphatic rings. The highest BCUT2D eigenvalue weighted by molar-refractivity contribution is 7.08. The van der Waals surface area contributed by atoms with Gasteiger partial charge < -0.3 is 4.74 Å². The standard InChI is InChI=1S/C17H11Cl2N3OS/c18-13-2-1-11(14(19)7-13)9-23-17-4-3-16-20-8-15(22(16)21-17)12-5-6-24-10-12/h1-8,10H,9H2. The van der Waals surface area contributed by atoms with Crippen molar-refractivity contribution < 1.29 is 4.74 Å². The first-order chi connectivity index (χ1) is 11.7. The summed E-state index contributed by atoms with van der Waals surface area (Å²) in [5, 5.41) is 9.78. The van der Waals surface area contributed by atoms with Crippen molar-refractivity contribution in [1.82, 2.24) is 14.6 Å². The molecular formula is C17H11Cl2N3OS. The third-order valence-corrected chi connectivity index (χ3v) is 4.82. The number of benzene rings is 1. The summed E-state index contributed by atoms with van der Waals surface area (Å²) >= 11 is 13.7. The number of aromatic nitrogens is 3. The summed E-state index contributed by atoms with van der Waals surface area (Å²) < 4.78 is 7.56. The van der Waals surface area contributed by atoms with E-state index in [1.807, 2.05) is 29.8 Å². The number of nitrogens with zero attached hydrogens (tertiary/aromatic N) is 3. The molecule has 3 aromatic heterocycles. The number of fused-ring (bicyclic) bond motifs is 1. The molecule has 0 fully saturated rings. The van der Waals surface area contributed by atoms with Gasteiger partial charge in [0, 0.05) is 32.6 Å². The maximum Gasteiger partial charge on any atom is 0.232 e. The summed E-state index contributed by atoms with van der Waals surface area (Å²) in [6, 6.07) is 11.0. The predicted octanol–water partition coefficient (Wildman–Crippen LogP) is 5.34. The number of hydrogen-bond acceptors (Lipinski definition) is 4. The van der Waals surface area contributed by atoms with E-state index in [0.29, 0.717) is 22.5 Å². The molecule has 0 N–H and O–H groups in total. The molecule has 0 unspecified atom stereocenters. The minimum Gasteiger partial charge on any atom is -0.472 e. The van der Waals surface area contributed by atoms with Gasteiger partial charge >= 0.3 is 0 Å². The maximum atomic E-state index is 6.17. The lowest BCUT2D eigenvalue weighted by atomic mass is 10.2. The number of imidazole rings is 1. The first kappa shape index (κ1) is 15.4. The second-order valence-corrected chi connectivity index (χ2v) is 6.75. The van der Waals surface area contributed by atoms with Gasteiger partial charge in [0.05, 0.1) is 11.9 Å². The third-order valence-electron chi connectivity index (χ3n) is 3.55. The van der Waals surface area contributed by atoms with Crippen LogP contribution < -0.4 is 4.74 Å². The van der Waals surface area contributed by atoms with Crippen LogP contribution in [0.4, 0.5) is 0 Å². The van der Waals surface area contributed by atoms with E-state index in [2.05, 4.69) is 15.5 Å². The van der Waals surface area contributed by atoms with Crippen LogP contribution in [0.2, 0.25) is 10.0 Å². The molecule has 0 aliphatic carbocycles. The lowest BCUT2D eigenvalue weighted by Gasteiger charge is -2.08. The molecule has 1 aromatic carbocycles. The Morgan fingerprint density at radius 2 is 2.04 bits per heavy atom. The number of halogens is 2. The number of ether oxygens (including phenoxy) is 1. The minimum atomic E-state index is 0.316. The van der Waals surface area contributed by atoms with Crippen LogP contribution in [-0.4, -0.2) is 14.6 Å². The van der Waals surface area contributed by atoms with E-state index in [1.165, 1.54) is 0 Å². The van der Waals surface area contributed by atoms with Gasteiger partial charge in [-0.3, -0.25) is 0 Å². The average molecular weight is 376 g/mol. The fourth-order valence-corrected chi connectivity index (χ4v) is 3.44. The minimum absolute atomic E-state index is 0.316. The second-order valence-electron chi connectivity index (χ2n) is 5.12. The van der Waals surface area contributed by atoms with E-state index in [9.17, 15) is 0 Å². The second kappa shape index (κ2) is 6.43. The molecule has 0 saturated carbocycles. The third kappa shape index (κ3) is 2.98. The number of hydrogen-bond donors (Lipinski definition) is 0. The highest BCUT2D eigenvalue weighted by atomic mass is 35.5. The molecular weight excluding hydrogens is 365 g/mol. The predicted molar refractivity (Wildman–Crippen MR) is 97.1 cm³/mol. The molecule has 3 heterocycles. The zero-order valence-electron chi connectivity index (χ0n) is 12.3. The van der Waals surface area contributed by atoms with Gasteiger partial charge in [-0.2, -0.15) is 11.3 Å². The molecule has 0 saturated heterocycles. The summed E-state index contributed by atoms with van der Waals surface area (Å²) in [6.07, 6.45) is 1.81. The van der Waals surface area contributed by atoms with Gasteiger partial charge in [-0.25, -0.2) is 9.50 Å². The largest absolute Gasteiger partial charge is 0.472 e. The molecule has 0 aliphatic heterocycles. The van der Waals surface area contributed by atoms with E-state index in [-0.39, 0.29) is 0 Å². The summed E-state index contributed by atoms with van der Waals surface area (Å²) in [5.41, 5.74) is 3.64. The zero-order chi connectivity index (χ0) is 16.5. The van der Waals surface area contributed by atoms with Crippen molar-refractivity contribution in [1.29, 1.82) is 0 Å². The molecule has 120 valence electrons. The van der Waals surface area contributed by atoms with Crippen LogP contribution in [0.1, 0.15) is 5.56 Å². The van der Waals surface area contributed by atoms with E-state index in [4.69, 9.17) is 27.9 Å². The summed E-state index contributed by atoms with van der Waals surface area (Å²) in [6.45, 7) is 0.316. The van der Waals surface area contributed by atoms with Gasteiger partial charge in [-0.1, -0.05) is 29.3 Å². The molecule has 24 heavy (non-hydrogen) atoms. The van der Waals surface area contributed by atoms with Crippen LogP contribution in [0.3, 0.4) is 0 Å². The van der Waals surface area contributed by atoms with E-state index >= 15 is 0 Å². The van der Waals surface area contributed by atoms with Crippen molar-refractivity contribution in [3.05, 3.63) is 69.0 Å². The van der Waals surface area contributed by atoms with Crippen LogP contribution in [-0.2, 0) is 6.61 Å². The van der Waals surface area contributed by atoms with Crippen LogP contribution in [0.15, 0.2) is 53.4 Å². The summed E-state index contributed by atoms with van der Waals surface area (Å²) in [4.78, 5) is 4.37. The quantitative estimate of drug-likeness (QED) is 0.482. The van der Waals surface area contributed by atoms with Gasteiger partial charge in [0.15, 0.2) is 5.65 Å². The van der Waals surface area contributed by atoms with Crippen LogP contribution >= 0.6 is 34.5 Å². The highest BCUT2D eigenvalue weighted by Crippen LogP contribution is 2.25. The van der Waals surface area contributed by atoms with Gasteiger partial charge in [0.2, 0.25) is 5.88 Å². The Labute approximate surface area is 152 Å². The summed E-state index contributed by atoms with van der Waals surface area (Å²) in [5.74, 6) is 0.503. The Hall–Kier alpha value is -2.08. The zero-order valence-corrected chi connectivity index (χ0v) is 14.6. The van der Waals surface area contributed by atoms with Gasteiger partial charge in [-0.15, -0.1) is 5.10 Å². The van der Waals surface area contributed by atoms with Gasteiger partial charge in [0.1, 0.15) is 6.61 Å². The normalized spacial score (nSPS) is 11.1. The Morgan fingerprint density at radius 1 is 1.12 bits per heavy atom. The Morgan fingerprint density at radius 3 is 2.83 bits per heavy atom. The Bertz CT molecular complexity index is 998. The van der Waals surface area contributed by atoms with Crippen molar-refractivity contribution in [2.45, 2.75) is 6.61 Å². The fraction of sp³-hybridized carbons (Fsp3) is 0.0588. The summed E-state index contributed by atoms with van der Waals surface area (Å²) in [7, 11) is 0. The molecule has 0 amide bonds. The first-order valence-electron chi connectivity index (χ1n) is 7.15. The van der Waals surface area contributed by atoms with Crippen molar-refractivity contribution in [3.8, 4) is 17.1 Å². The molecule has 7 heteroatoms. The van der Waals surface area contributed by atoms with Crippen molar-refractivity contribution in [3.63, 3.8) is 0 Å². The maximum absolute atomic E-state index is 6.17. The average Bonchev–Trinajstić information content (AvgIpc) is 3.22. The van der Waals surface area contributed by atoms with Crippen LogP contribution in [0.25, 0.3) is 16.9 Å². The number of rotatable bonds is 4. The van der Waals surface area contributed by atoms with Crippen molar-refractivity contribution in [2.75, 3.05) is 0 Å². The number of thiophene rings is 1. The van der Waals surface area contributed by atoms with Crippen molar-refractivity contribution >= 4 is 40.2 Å². The molecule has 0 bridgehead atoms. The van der Waals surface area contributed by atoms with Crippen molar-refractivity contribution in [2.24, 2.45) is 0 Å². The molecule has 0 atom stereocenters. The van der Waals surface area contributed by atoms with Gasteiger partial charge in [-0.05, 0) is 29.6 Å². The van der Waals surface area contributed by atoms with E-state index in [0.717, 1.165) is 22.5 Å². The van der Waals surface area contributed by atoms with Gasteiger partial charge in [0.25, 0.3) is 0 Å². The Kier molecular flexibility index (Phi) is 4.14. The monoisotopic (exact) mass is 375 g/mol. The van der Waals surface area contributed by atoms with E-state index in [1.54, 1.807) is 34.1 Å². The molecule has 4 rings (SSSR count). The molecule has 0 radical (unpaired) electrons. The SMILES string of the molecule is Clc1ccc(COc2ccc3ncc(-c4ccsc4)n3n2)c(Cl)c1. The molecule has 4 nitrogen and oxygen atoms in total. The topological polar surface area (TPSA) is 39.4 Å². The smallest absolute Gasteiger partial charge is 0.232 e.